The lowest BCUT2D eigenvalue weighted by Crippen LogP contribution is -2.22. The van der Waals surface area contributed by atoms with Gasteiger partial charge in [0.2, 0.25) is 0 Å². The Morgan fingerprint density at radius 1 is 0.972 bits per heavy atom. The molecule has 0 aliphatic carbocycles. The molecule has 0 spiro atoms. The van der Waals surface area contributed by atoms with Crippen molar-refractivity contribution in [3.63, 3.8) is 0 Å². The van der Waals surface area contributed by atoms with Gasteiger partial charge in [-0.1, -0.05) is 30.7 Å². The highest BCUT2D eigenvalue weighted by molar-refractivity contribution is 5.91. The monoisotopic (exact) mass is 499 g/mol. The van der Waals surface area contributed by atoms with Crippen LogP contribution in [0.5, 0.6) is 0 Å². The molecule has 3 nitrogen and oxygen atoms in total. The standard InChI is InChI=1S/C29H29F4NO2/c1-5-19(3)27(17-21-10-13-24(30)14-11-21)34(25-9-7-8-22(18-25)28(35)36-6-2)26-15-12-23(16-20(26)4)29(31,32)33/h7-16,18H,5-6,17H2,1-4H3/b27-19+. The summed E-state index contributed by atoms with van der Waals surface area (Å²) in [6, 6.07) is 16.6. The van der Waals surface area contributed by atoms with Crippen LogP contribution in [0.2, 0.25) is 0 Å². The zero-order chi connectivity index (χ0) is 26.5. The molecule has 0 bridgehead atoms. The molecule has 0 saturated heterocycles. The average molecular weight is 500 g/mol. The van der Waals surface area contributed by atoms with Gasteiger partial charge in [-0.2, -0.15) is 13.2 Å². The van der Waals surface area contributed by atoms with E-state index in [1.165, 1.54) is 18.2 Å². The third kappa shape index (κ3) is 6.33. The number of carbonyl (C=O) groups is 1. The number of allylic oxidation sites excluding steroid dienone is 2. The summed E-state index contributed by atoms with van der Waals surface area (Å²) in [5, 5.41) is 0. The van der Waals surface area contributed by atoms with Gasteiger partial charge in [-0.25, -0.2) is 9.18 Å². The van der Waals surface area contributed by atoms with Crippen LogP contribution in [0.4, 0.5) is 28.9 Å². The smallest absolute Gasteiger partial charge is 0.416 e. The van der Waals surface area contributed by atoms with Crippen molar-refractivity contribution < 1.29 is 27.1 Å². The van der Waals surface area contributed by atoms with Gasteiger partial charge in [0.05, 0.1) is 17.7 Å². The fourth-order valence-corrected chi connectivity index (χ4v) is 3.93. The van der Waals surface area contributed by atoms with Crippen molar-refractivity contribution in [2.45, 2.75) is 46.7 Å². The van der Waals surface area contributed by atoms with Crippen LogP contribution in [0.3, 0.4) is 0 Å². The van der Waals surface area contributed by atoms with Crippen molar-refractivity contribution in [2.75, 3.05) is 11.5 Å². The molecule has 0 aliphatic heterocycles. The summed E-state index contributed by atoms with van der Waals surface area (Å²) in [7, 11) is 0. The predicted molar refractivity (Wildman–Crippen MR) is 134 cm³/mol. The van der Waals surface area contributed by atoms with Gasteiger partial charge in [0.1, 0.15) is 5.82 Å². The molecule has 3 rings (SSSR count). The largest absolute Gasteiger partial charge is 0.462 e. The molecule has 0 unspecified atom stereocenters. The van der Waals surface area contributed by atoms with Crippen LogP contribution >= 0.6 is 0 Å². The molecule has 190 valence electrons. The van der Waals surface area contributed by atoms with Gasteiger partial charge in [0.15, 0.2) is 0 Å². The van der Waals surface area contributed by atoms with Gasteiger partial charge in [-0.3, -0.25) is 0 Å². The molecule has 3 aromatic carbocycles. The molecule has 36 heavy (non-hydrogen) atoms. The Hall–Kier alpha value is -3.61. The molecule has 7 heteroatoms. The third-order valence-electron chi connectivity index (χ3n) is 5.96. The first-order valence-corrected chi connectivity index (χ1v) is 11.7. The highest BCUT2D eigenvalue weighted by atomic mass is 19.4. The zero-order valence-electron chi connectivity index (χ0n) is 20.7. The molecule has 0 aromatic heterocycles. The number of alkyl halides is 3. The number of carbonyl (C=O) groups excluding carboxylic acids is 1. The normalized spacial score (nSPS) is 12.2. The number of anilines is 2. The highest BCUT2D eigenvalue weighted by Gasteiger charge is 2.31. The maximum absolute atomic E-state index is 13.5. The topological polar surface area (TPSA) is 29.5 Å². The quantitative estimate of drug-likeness (QED) is 0.230. The molecule has 0 fully saturated rings. The zero-order valence-corrected chi connectivity index (χ0v) is 20.7. The molecule has 0 radical (unpaired) electrons. The first-order valence-electron chi connectivity index (χ1n) is 11.7. The predicted octanol–water partition coefficient (Wildman–Crippen LogP) is 8.39. The number of halogens is 4. The van der Waals surface area contributed by atoms with Gasteiger partial charge >= 0.3 is 12.1 Å². The molecule has 0 heterocycles. The van der Waals surface area contributed by atoms with E-state index in [2.05, 4.69) is 0 Å². The summed E-state index contributed by atoms with van der Waals surface area (Å²) in [6.45, 7) is 7.51. The summed E-state index contributed by atoms with van der Waals surface area (Å²) in [5.74, 6) is -0.839. The van der Waals surface area contributed by atoms with Gasteiger partial charge in [-0.05, 0) is 86.8 Å². The van der Waals surface area contributed by atoms with E-state index in [1.54, 1.807) is 50.2 Å². The number of hydrogen-bond acceptors (Lipinski definition) is 3. The molecule has 0 atom stereocenters. The Labute approximate surface area is 209 Å². The van der Waals surface area contributed by atoms with Crippen LogP contribution < -0.4 is 4.90 Å². The maximum atomic E-state index is 13.5. The van der Waals surface area contributed by atoms with Gasteiger partial charge in [0.25, 0.3) is 0 Å². The van der Waals surface area contributed by atoms with Crippen LogP contribution in [0.25, 0.3) is 0 Å². The lowest BCUT2D eigenvalue weighted by atomic mass is 10.00. The summed E-state index contributed by atoms with van der Waals surface area (Å²) >= 11 is 0. The van der Waals surface area contributed by atoms with Gasteiger partial charge in [-0.15, -0.1) is 0 Å². The Morgan fingerprint density at radius 2 is 1.67 bits per heavy atom. The second-order valence-corrected chi connectivity index (χ2v) is 8.49. The Bertz CT molecular complexity index is 1250. The molecular formula is C29H29F4NO2. The number of esters is 1. The molecule has 3 aromatic rings. The molecule has 0 saturated carbocycles. The summed E-state index contributed by atoms with van der Waals surface area (Å²) in [6.07, 6.45) is -3.38. The average Bonchev–Trinajstić information content (AvgIpc) is 2.85. The van der Waals surface area contributed by atoms with E-state index >= 15 is 0 Å². The summed E-state index contributed by atoms with van der Waals surface area (Å²) < 4.78 is 58.9. The third-order valence-corrected chi connectivity index (χ3v) is 5.96. The summed E-state index contributed by atoms with van der Waals surface area (Å²) in [4.78, 5) is 14.3. The Kier molecular flexibility index (Phi) is 8.56. The maximum Gasteiger partial charge on any atom is 0.416 e. The van der Waals surface area contributed by atoms with E-state index in [0.29, 0.717) is 35.3 Å². The molecular weight excluding hydrogens is 470 g/mol. The van der Waals surface area contributed by atoms with Gasteiger partial charge < -0.3 is 9.64 Å². The molecule has 0 aliphatic rings. The first-order chi connectivity index (χ1) is 17.0. The highest BCUT2D eigenvalue weighted by Crippen LogP contribution is 2.39. The minimum absolute atomic E-state index is 0.218. The number of hydrogen-bond donors (Lipinski definition) is 0. The molecule has 0 N–H and O–H groups in total. The van der Waals surface area contributed by atoms with Crippen molar-refractivity contribution in [1.29, 1.82) is 0 Å². The fourth-order valence-electron chi connectivity index (χ4n) is 3.93. The van der Waals surface area contributed by atoms with E-state index in [0.717, 1.165) is 29.0 Å². The Balaban J connectivity index is 2.23. The van der Waals surface area contributed by atoms with E-state index in [-0.39, 0.29) is 12.4 Å². The van der Waals surface area contributed by atoms with E-state index in [4.69, 9.17) is 4.74 Å². The van der Waals surface area contributed by atoms with Crippen molar-refractivity contribution in [2.24, 2.45) is 0 Å². The van der Waals surface area contributed by atoms with E-state index in [9.17, 15) is 22.4 Å². The van der Waals surface area contributed by atoms with Crippen LogP contribution in [0.1, 0.15) is 54.2 Å². The Morgan fingerprint density at radius 3 is 2.25 bits per heavy atom. The molecule has 0 amide bonds. The van der Waals surface area contributed by atoms with Crippen molar-refractivity contribution >= 4 is 17.3 Å². The van der Waals surface area contributed by atoms with Crippen molar-refractivity contribution in [3.05, 3.63) is 106 Å². The first kappa shape index (κ1) is 27.0. The SMILES string of the molecule is CCOC(=O)c1cccc(N(/C(Cc2ccc(F)cc2)=C(\C)CC)c2ccc(C(F)(F)F)cc2C)c1. The lowest BCUT2D eigenvalue weighted by Gasteiger charge is -2.32. The second-order valence-electron chi connectivity index (χ2n) is 8.49. The van der Waals surface area contributed by atoms with Crippen molar-refractivity contribution in [1.82, 2.24) is 0 Å². The van der Waals surface area contributed by atoms with Crippen LogP contribution in [0.15, 0.2) is 78.0 Å². The number of aryl methyl sites for hydroxylation is 1. The number of rotatable bonds is 8. The van der Waals surface area contributed by atoms with Crippen LogP contribution in [-0.4, -0.2) is 12.6 Å². The second kappa shape index (κ2) is 11.4. The number of ether oxygens (including phenoxy) is 1. The van der Waals surface area contributed by atoms with E-state index < -0.39 is 17.7 Å². The number of benzene rings is 3. The minimum atomic E-state index is -4.47. The summed E-state index contributed by atoms with van der Waals surface area (Å²) in [5.41, 5.74) is 3.84. The van der Waals surface area contributed by atoms with Crippen LogP contribution in [0, 0.1) is 12.7 Å². The van der Waals surface area contributed by atoms with Crippen molar-refractivity contribution in [3.8, 4) is 0 Å². The number of nitrogens with zero attached hydrogens (tertiary/aromatic N) is 1. The van der Waals surface area contributed by atoms with Gasteiger partial charge in [0, 0.05) is 23.5 Å². The lowest BCUT2D eigenvalue weighted by molar-refractivity contribution is -0.137. The minimum Gasteiger partial charge on any atom is -0.462 e. The fraction of sp³-hybridized carbons (Fsp3) is 0.276. The van der Waals surface area contributed by atoms with E-state index in [1.807, 2.05) is 18.7 Å². The van der Waals surface area contributed by atoms with Crippen LogP contribution in [-0.2, 0) is 17.3 Å².